The van der Waals surface area contributed by atoms with Gasteiger partial charge in [-0.2, -0.15) is 0 Å². The summed E-state index contributed by atoms with van der Waals surface area (Å²) in [5.41, 5.74) is 1.41. The number of benzene rings is 2. The lowest BCUT2D eigenvalue weighted by molar-refractivity contribution is -0.385. The Morgan fingerprint density at radius 2 is 2.00 bits per heavy atom. The largest absolute Gasteiger partial charge is 0.500 e. The molecule has 8 nitrogen and oxygen atoms in total. The van der Waals surface area contributed by atoms with Gasteiger partial charge in [-0.25, -0.2) is 4.98 Å². The van der Waals surface area contributed by atoms with Crippen molar-refractivity contribution >= 4 is 16.7 Å². The Hall–Kier alpha value is -3.29. The minimum Gasteiger partial charge on any atom is -0.500 e. The Labute approximate surface area is 130 Å². The van der Waals surface area contributed by atoms with Crippen LogP contribution in [-0.4, -0.2) is 34.2 Å². The zero-order valence-electron chi connectivity index (χ0n) is 12.4. The standard InChI is InChI=1S/C15H13N3O5/c1-22-9-3-4-10-11(7-9)17-15(16-10)8-5-12(18(20)21)14(19)13(6-8)23-2/h3-7,19H,1-2H3,(H,16,17). The fourth-order valence-corrected chi connectivity index (χ4v) is 2.28. The van der Waals surface area contributed by atoms with Crippen LogP contribution in [0.25, 0.3) is 22.4 Å². The topological polar surface area (TPSA) is 111 Å². The molecule has 1 heterocycles. The summed E-state index contributed by atoms with van der Waals surface area (Å²) in [5, 5.41) is 20.9. The van der Waals surface area contributed by atoms with Gasteiger partial charge in [0.1, 0.15) is 11.6 Å². The predicted octanol–water partition coefficient (Wildman–Crippen LogP) is 2.86. The van der Waals surface area contributed by atoms with Crippen molar-refractivity contribution in [3.63, 3.8) is 0 Å². The number of nitrogens with zero attached hydrogens (tertiary/aromatic N) is 2. The minimum absolute atomic E-state index is 0.00670. The van der Waals surface area contributed by atoms with E-state index in [1.165, 1.54) is 19.2 Å². The van der Waals surface area contributed by atoms with Gasteiger partial charge in [-0.15, -0.1) is 0 Å². The molecular weight excluding hydrogens is 302 g/mol. The number of aromatic nitrogens is 2. The van der Waals surface area contributed by atoms with Crippen molar-refractivity contribution in [3.05, 3.63) is 40.4 Å². The summed E-state index contributed by atoms with van der Waals surface area (Å²) in [4.78, 5) is 17.9. The van der Waals surface area contributed by atoms with E-state index in [0.717, 1.165) is 5.52 Å². The van der Waals surface area contributed by atoms with Crippen molar-refractivity contribution in [2.24, 2.45) is 0 Å². The number of phenolic OH excluding ortho intramolecular Hbond substituents is 1. The molecule has 0 aliphatic heterocycles. The molecule has 0 spiro atoms. The fourth-order valence-electron chi connectivity index (χ4n) is 2.28. The number of nitro groups is 1. The fraction of sp³-hybridized carbons (Fsp3) is 0.133. The molecule has 0 unspecified atom stereocenters. The molecule has 23 heavy (non-hydrogen) atoms. The number of imidazole rings is 1. The molecule has 0 bridgehead atoms. The van der Waals surface area contributed by atoms with Crippen LogP contribution in [0.3, 0.4) is 0 Å². The summed E-state index contributed by atoms with van der Waals surface area (Å²) in [7, 11) is 2.89. The van der Waals surface area contributed by atoms with E-state index in [1.54, 1.807) is 25.3 Å². The van der Waals surface area contributed by atoms with Crippen molar-refractivity contribution in [2.45, 2.75) is 0 Å². The van der Waals surface area contributed by atoms with Gasteiger partial charge in [0.25, 0.3) is 0 Å². The summed E-state index contributed by atoms with van der Waals surface area (Å²) in [6, 6.07) is 8.05. The Balaban J connectivity index is 2.17. The zero-order chi connectivity index (χ0) is 16.6. The number of rotatable bonds is 4. The molecule has 1 aromatic heterocycles. The van der Waals surface area contributed by atoms with Gasteiger partial charge in [0.05, 0.1) is 30.2 Å². The molecule has 0 saturated heterocycles. The monoisotopic (exact) mass is 315 g/mol. The molecule has 3 aromatic rings. The number of nitro benzene ring substituents is 1. The maximum atomic E-state index is 11.1. The van der Waals surface area contributed by atoms with Gasteiger partial charge >= 0.3 is 5.69 Å². The van der Waals surface area contributed by atoms with E-state index in [2.05, 4.69) is 9.97 Å². The number of H-pyrrole nitrogens is 1. The predicted molar refractivity (Wildman–Crippen MR) is 83.0 cm³/mol. The van der Waals surface area contributed by atoms with Gasteiger partial charge in [-0.05, 0) is 18.2 Å². The average molecular weight is 315 g/mol. The molecule has 0 aliphatic carbocycles. The molecule has 0 atom stereocenters. The minimum atomic E-state index is -0.674. The summed E-state index contributed by atoms with van der Waals surface area (Å²) < 4.78 is 10.1. The number of hydrogen-bond acceptors (Lipinski definition) is 6. The molecular formula is C15H13N3O5. The maximum absolute atomic E-state index is 11.1. The van der Waals surface area contributed by atoms with Crippen LogP contribution in [0.1, 0.15) is 0 Å². The Bertz CT molecular complexity index is 904. The molecule has 3 rings (SSSR count). The molecule has 0 aliphatic rings. The molecule has 8 heteroatoms. The first kappa shape index (κ1) is 14.6. The highest BCUT2D eigenvalue weighted by atomic mass is 16.6. The molecule has 0 amide bonds. The maximum Gasteiger partial charge on any atom is 0.315 e. The Morgan fingerprint density at radius 1 is 1.22 bits per heavy atom. The Morgan fingerprint density at radius 3 is 2.65 bits per heavy atom. The highest BCUT2D eigenvalue weighted by Gasteiger charge is 2.21. The van der Waals surface area contributed by atoms with E-state index >= 15 is 0 Å². The number of aromatic amines is 1. The molecule has 2 aromatic carbocycles. The number of ether oxygens (including phenoxy) is 2. The zero-order valence-corrected chi connectivity index (χ0v) is 12.4. The van der Waals surface area contributed by atoms with E-state index < -0.39 is 16.4 Å². The lowest BCUT2D eigenvalue weighted by atomic mass is 10.1. The highest BCUT2D eigenvalue weighted by molar-refractivity contribution is 5.81. The number of methoxy groups -OCH3 is 2. The van der Waals surface area contributed by atoms with Crippen molar-refractivity contribution in [3.8, 4) is 28.6 Å². The van der Waals surface area contributed by atoms with Gasteiger partial charge in [-0.3, -0.25) is 10.1 Å². The number of phenols is 1. The first-order valence-electron chi connectivity index (χ1n) is 6.63. The van der Waals surface area contributed by atoms with Crippen molar-refractivity contribution < 1.29 is 19.5 Å². The van der Waals surface area contributed by atoms with Crippen LogP contribution < -0.4 is 9.47 Å². The van der Waals surface area contributed by atoms with Gasteiger partial charge < -0.3 is 19.6 Å². The molecule has 118 valence electrons. The van der Waals surface area contributed by atoms with Crippen LogP contribution in [-0.2, 0) is 0 Å². The number of aromatic hydroxyl groups is 1. The SMILES string of the molecule is COc1ccc2nc(-c3cc(OC)c(O)c([N+](=O)[O-])c3)[nH]c2c1. The normalized spacial score (nSPS) is 10.7. The summed E-state index contributed by atoms with van der Waals surface area (Å²) in [5.74, 6) is 0.586. The summed E-state index contributed by atoms with van der Waals surface area (Å²) >= 11 is 0. The third kappa shape index (κ3) is 2.50. The Kier molecular flexibility index (Phi) is 3.49. The van der Waals surface area contributed by atoms with Crippen LogP contribution in [0.4, 0.5) is 5.69 Å². The van der Waals surface area contributed by atoms with Crippen LogP contribution in [0.5, 0.6) is 17.2 Å². The summed E-state index contributed by atoms with van der Waals surface area (Å²) in [6.45, 7) is 0. The van der Waals surface area contributed by atoms with E-state index in [9.17, 15) is 15.2 Å². The summed E-state index contributed by atoms with van der Waals surface area (Å²) in [6.07, 6.45) is 0. The van der Waals surface area contributed by atoms with E-state index in [0.29, 0.717) is 22.7 Å². The average Bonchev–Trinajstić information content (AvgIpc) is 2.97. The highest BCUT2D eigenvalue weighted by Crippen LogP contribution is 2.39. The third-order valence-electron chi connectivity index (χ3n) is 3.43. The van der Waals surface area contributed by atoms with E-state index in [1.807, 2.05) is 0 Å². The third-order valence-corrected chi connectivity index (χ3v) is 3.43. The van der Waals surface area contributed by atoms with Crippen LogP contribution in [0, 0.1) is 10.1 Å². The number of fused-ring (bicyclic) bond motifs is 1. The molecule has 0 fully saturated rings. The second-order valence-corrected chi connectivity index (χ2v) is 4.77. The number of hydrogen-bond donors (Lipinski definition) is 2. The lowest BCUT2D eigenvalue weighted by Crippen LogP contribution is -1.94. The second kappa shape index (κ2) is 5.48. The first-order valence-corrected chi connectivity index (χ1v) is 6.63. The van der Waals surface area contributed by atoms with E-state index in [4.69, 9.17) is 9.47 Å². The van der Waals surface area contributed by atoms with Crippen LogP contribution in [0.2, 0.25) is 0 Å². The van der Waals surface area contributed by atoms with Gasteiger partial charge in [0.2, 0.25) is 5.75 Å². The van der Waals surface area contributed by atoms with Gasteiger partial charge in [0, 0.05) is 17.7 Å². The quantitative estimate of drug-likeness (QED) is 0.566. The van der Waals surface area contributed by atoms with Crippen molar-refractivity contribution in [1.29, 1.82) is 0 Å². The number of nitrogens with one attached hydrogen (secondary N) is 1. The van der Waals surface area contributed by atoms with Crippen LogP contribution in [0.15, 0.2) is 30.3 Å². The second-order valence-electron chi connectivity index (χ2n) is 4.77. The lowest BCUT2D eigenvalue weighted by Gasteiger charge is -2.06. The van der Waals surface area contributed by atoms with Gasteiger partial charge in [0.15, 0.2) is 5.75 Å². The first-order chi connectivity index (χ1) is 11.0. The molecule has 2 N–H and O–H groups in total. The smallest absolute Gasteiger partial charge is 0.315 e. The van der Waals surface area contributed by atoms with Gasteiger partial charge in [-0.1, -0.05) is 0 Å². The van der Waals surface area contributed by atoms with Crippen molar-refractivity contribution in [2.75, 3.05) is 14.2 Å². The van der Waals surface area contributed by atoms with Crippen molar-refractivity contribution in [1.82, 2.24) is 9.97 Å². The van der Waals surface area contributed by atoms with E-state index in [-0.39, 0.29) is 5.75 Å². The molecule has 0 saturated carbocycles. The van der Waals surface area contributed by atoms with Crippen LogP contribution >= 0.6 is 0 Å². The molecule has 0 radical (unpaired) electrons.